The number of anilines is 1. The molecule has 1 aromatic heterocycles. The number of nitrogens with zero attached hydrogens (tertiary/aromatic N) is 2. The number of benzene rings is 1. The number of thiophene rings is 1. The molecule has 1 aromatic carbocycles. The molecular formula is C18H23N3OS. The van der Waals surface area contributed by atoms with Gasteiger partial charge in [-0.2, -0.15) is 11.3 Å². The molecule has 0 saturated carbocycles. The first-order chi connectivity index (χ1) is 11.2. The summed E-state index contributed by atoms with van der Waals surface area (Å²) < 4.78 is 0. The van der Waals surface area contributed by atoms with Crippen molar-refractivity contribution < 1.29 is 4.79 Å². The minimum atomic E-state index is 0.176. The van der Waals surface area contributed by atoms with E-state index in [0.29, 0.717) is 0 Å². The molecule has 2 heterocycles. The van der Waals surface area contributed by atoms with E-state index < -0.39 is 0 Å². The highest BCUT2D eigenvalue weighted by atomic mass is 32.1. The third kappa shape index (κ3) is 4.12. The van der Waals surface area contributed by atoms with Crippen LogP contribution in [-0.2, 0) is 17.9 Å². The van der Waals surface area contributed by atoms with Gasteiger partial charge < -0.3 is 15.1 Å². The Hall–Kier alpha value is -1.85. The fraction of sp³-hybridized carbons (Fsp3) is 0.389. The van der Waals surface area contributed by atoms with Gasteiger partial charge in [0.25, 0.3) is 0 Å². The Morgan fingerprint density at radius 2 is 1.91 bits per heavy atom. The molecule has 0 aliphatic carbocycles. The second-order valence-corrected chi connectivity index (χ2v) is 6.64. The number of para-hydroxylation sites is 1. The summed E-state index contributed by atoms with van der Waals surface area (Å²) in [6, 6.07) is 10.7. The quantitative estimate of drug-likeness (QED) is 0.916. The van der Waals surface area contributed by atoms with Crippen molar-refractivity contribution in [3.63, 3.8) is 0 Å². The molecule has 5 heteroatoms. The zero-order valence-electron chi connectivity index (χ0n) is 13.5. The molecule has 1 saturated heterocycles. The highest BCUT2D eigenvalue weighted by Gasteiger charge is 2.20. The topological polar surface area (TPSA) is 35.6 Å². The number of piperazine rings is 1. The van der Waals surface area contributed by atoms with Gasteiger partial charge in [0.2, 0.25) is 5.91 Å². The van der Waals surface area contributed by atoms with E-state index in [9.17, 15) is 4.79 Å². The number of hydrogen-bond acceptors (Lipinski definition) is 4. The Morgan fingerprint density at radius 3 is 2.61 bits per heavy atom. The minimum Gasteiger partial charge on any atom is -0.368 e. The van der Waals surface area contributed by atoms with E-state index in [2.05, 4.69) is 51.3 Å². The van der Waals surface area contributed by atoms with E-state index in [0.717, 1.165) is 39.3 Å². The number of amides is 1. The first-order valence-corrected chi connectivity index (χ1v) is 8.98. The number of carbonyl (C=O) groups excluding carboxylic acids is 1. The van der Waals surface area contributed by atoms with Gasteiger partial charge in [-0.3, -0.25) is 4.79 Å². The van der Waals surface area contributed by atoms with Gasteiger partial charge in [-0.15, -0.1) is 0 Å². The first kappa shape index (κ1) is 16.0. The Morgan fingerprint density at radius 1 is 1.13 bits per heavy atom. The molecule has 3 rings (SSSR count). The summed E-state index contributed by atoms with van der Waals surface area (Å²) >= 11 is 1.73. The van der Waals surface area contributed by atoms with E-state index in [1.54, 1.807) is 18.3 Å². The summed E-state index contributed by atoms with van der Waals surface area (Å²) in [5.41, 5.74) is 3.94. The number of nitrogens with one attached hydrogen (secondary N) is 1. The zero-order valence-corrected chi connectivity index (χ0v) is 14.3. The van der Waals surface area contributed by atoms with Gasteiger partial charge in [-0.25, -0.2) is 0 Å². The molecule has 1 fully saturated rings. The highest BCUT2D eigenvalue weighted by Crippen LogP contribution is 2.22. The average molecular weight is 329 g/mol. The summed E-state index contributed by atoms with van der Waals surface area (Å²) in [5, 5.41) is 7.82. The molecule has 1 amide bonds. The lowest BCUT2D eigenvalue weighted by Crippen LogP contribution is -2.48. The van der Waals surface area contributed by atoms with Gasteiger partial charge in [0, 0.05) is 51.9 Å². The Labute approximate surface area is 141 Å². The molecule has 2 aromatic rings. The molecule has 1 aliphatic rings. The SMILES string of the molecule is CC(=O)N1CCN(c2ccccc2CNCc2ccsc2)CC1. The lowest BCUT2D eigenvalue weighted by Gasteiger charge is -2.36. The fourth-order valence-corrected chi connectivity index (χ4v) is 3.63. The van der Waals surface area contributed by atoms with Crippen LogP contribution in [0.25, 0.3) is 0 Å². The molecule has 1 N–H and O–H groups in total. The smallest absolute Gasteiger partial charge is 0.219 e. The molecule has 0 radical (unpaired) electrons. The summed E-state index contributed by atoms with van der Waals surface area (Å²) in [7, 11) is 0. The third-order valence-corrected chi connectivity index (χ3v) is 5.01. The fourth-order valence-electron chi connectivity index (χ4n) is 2.97. The van der Waals surface area contributed by atoms with Gasteiger partial charge in [-0.1, -0.05) is 18.2 Å². The van der Waals surface area contributed by atoms with Crippen LogP contribution in [0.1, 0.15) is 18.1 Å². The minimum absolute atomic E-state index is 0.176. The molecular weight excluding hydrogens is 306 g/mol. The molecule has 1 aliphatic heterocycles. The van der Waals surface area contributed by atoms with Crippen molar-refractivity contribution in [2.45, 2.75) is 20.0 Å². The Balaban J connectivity index is 1.60. The van der Waals surface area contributed by atoms with Crippen LogP contribution in [0.5, 0.6) is 0 Å². The second kappa shape index (κ2) is 7.62. The predicted molar refractivity (Wildman–Crippen MR) is 95.8 cm³/mol. The molecule has 0 bridgehead atoms. The largest absolute Gasteiger partial charge is 0.368 e. The van der Waals surface area contributed by atoms with Gasteiger partial charge in [0.15, 0.2) is 0 Å². The molecule has 122 valence electrons. The normalized spacial score (nSPS) is 15.0. The maximum Gasteiger partial charge on any atom is 0.219 e. The van der Waals surface area contributed by atoms with Crippen LogP contribution < -0.4 is 10.2 Å². The first-order valence-electron chi connectivity index (χ1n) is 8.04. The third-order valence-electron chi connectivity index (χ3n) is 4.28. The van der Waals surface area contributed by atoms with Gasteiger partial charge >= 0.3 is 0 Å². The molecule has 4 nitrogen and oxygen atoms in total. The number of carbonyl (C=O) groups is 1. The number of hydrogen-bond donors (Lipinski definition) is 1. The van der Waals surface area contributed by atoms with Gasteiger partial charge in [-0.05, 0) is 34.0 Å². The average Bonchev–Trinajstić information content (AvgIpc) is 3.09. The molecule has 23 heavy (non-hydrogen) atoms. The second-order valence-electron chi connectivity index (χ2n) is 5.86. The van der Waals surface area contributed by atoms with Gasteiger partial charge in [0.05, 0.1) is 0 Å². The van der Waals surface area contributed by atoms with E-state index in [4.69, 9.17) is 0 Å². The van der Waals surface area contributed by atoms with Crippen molar-refractivity contribution in [1.82, 2.24) is 10.2 Å². The van der Waals surface area contributed by atoms with Crippen LogP contribution in [0.15, 0.2) is 41.1 Å². The van der Waals surface area contributed by atoms with Crippen LogP contribution in [-0.4, -0.2) is 37.0 Å². The van der Waals surface area contributed by atoms with Crippen LogP contribution in [0, 0.1) is 0 Å². The monoisotopic (exact) mass is 329 g/mol. The number of rotatable bonds is 5. The standard InChI is InChI=1S/C18H23N3OS/c1-15(22)20-7-9-21(10-8-20)18-5-3-2-4-17(18)13-19-12-16-6-11-23-14-16/h2-6,11,14,19H,7-10,12-13H2,1H3. The van der Waals surface area contributed by atoms with E-state index in [1.165, 1.54) is 16.8 Å². The summed E-state index contributed by atoms with van der Waals surface area (Å²) in [6.45, 7) is 6.84. The van der Waals surface area contributed by atoms with E-state index in [-0.39, 0.29) is 5.91 Å². The van der Waals surface area contributed by atoms with Crippen LogP contribution in [0.3, 0.4) is 0 Å². The molecule has 0 unspecified atom stereocenters. The summed E-state index contributed by atoms with van der Waals surface area (Å²) in [4.78, 5) is 15.8. The van der Waals surface area contributed by atoms with Crippen molar-refractivity contribution in [3.05, 3.63) is 52.2 Å². The van der Waals surface area contributed by atoms with E-state index >= 15 is 0 Å². The molecule has 0 spiro atoms. The van der Waals surface area contributed by atoms with Crippen molar-refractivity contribution in [3.8, 4) is 0 Å². The maximum atomic E-state index is 11.5. The predicted octanol–water partition coefficient (Wildman–Crippen LogP) is 2.71. The highest BCUT2D eigenvalue weighted by molar-refractivity contribution is 7.07. The van der Waals surface area contributed by atoms with Gasteiger partial charge in [0.1, 0.15) is 0 Å². The lowest BCUT2D eigenvalue weighted by molar-refractivity contribution is -0.129. The van der Waals surface area contributed by atoms with Crippen LogP contribution in [0.4, 0.5) is 5.69 Å². The summed E-state index contributed by atoms with van der Waals surface area (Å²) in [5.74, 6) is 0.176. The Kier molecular flexibility index (Phi) is 5.31. The van der Waals surface area contributed by atoms with E-state index in [1.807, 2.05) is 4.90 Å². The van der Waals surface area contributed by atoms with Crippen LogP contribution >= 0.6 is 11.3 Å². The summed E-state index contributed by atoms with van der Waals surface area (Å²) in [6.07, 6.45) is 0. The lowest BCUT2D eigenvalue weighted by atomic mass is 10.1. The van der Waals surface area contributed by atoms with Crippen molar-refractivity contribution in [2.24, 2.45) is 0 Å². The van der Waals surface area contributed by atoms with Crippen molar-refractivity contribution in [1.29, 1.82) is 0 Å². The van der Waals surface area contributed by atoms with Crippen LogP contribution in [0.2, 0.25) is 0 Å². The maximum absolute atomic E-state index is 11.5. The Bertz CT molecular complexity index is 633. The zero-order chi connectivity index (χ0) is 16.1. The van der Waals surface area contributed by atoms with Crippen molar-refractivity contribution >= 4 is 22.9 Å². The molecule has 0 atom stereocenters. The van der Waals surface area contributed by atoms with Crippen molar-refractivity contribution in [2.75, 3.05) is 31.1 Å².